The van der Waals surface area contributed by atoms with E-state index in [9.17, 15) is 14.3 Å². The van der Waals surface area contributed by atoms with Crippen LogP contribution in [0.2, 0.25) is 0 Å². The third kappa shape index (κ3) is 2.65. The van der Waals surface area contributed by atoms with Crippen LogP contribution >= 0.6 is 11.3 Å². The van der Waals surface area contributed by atoms with Crippen molar-refractivity contribution in [2.24, 2.45) is 0 Å². The molecule has 0 bridgehead atoms. The van der Waals surface area contributed by atoms with Crippen LogP contribution in [0.3, 0.4) is 0 Å². The van der Waals surface area contributed by atoms with Gasteiger partial charge in [0.05, 0.1) is 6.54 Å². The first kappa shape index (κ1) is 12.5. The zero-order valence-corrected chi connectivity index (χ0v) is 10.4. The molecule has 0 unspecified atom stereocenters. The summed E-state index contributed by atoms with van der Waals surface area (Å²) in [7, 11) is 0. The van der Waals surface area contributed by atoms with Gasteiger partial charge in [-0.25, -0.2) is 9.37 Å². The van der Waals surface area contributed by atoms with Gasteiger partial charge in [0.2, 0.25) is 0 Å². The maximum atomic E-state index is 13.4. The van der Waals surface area contributed by atoms with Gasteiger partial charge in [-0.2, -0.15) is 0 Å². The van der Waals surface area contributed by atoms with E-state index >= 15 is 0 Å². The molecule has 0 saturated carbocycles. The number of hydrogen-bond donors (Lipinski definition) is 2. The van der Waals surface area contributed by atoms with Gasteiger partial charge in [0.15, 0.2) is 0 Å². The number of benzene rings is 1. The Bertz CT molecular complexity index is 563. The van der Waals surface area contributed by atoms with Crippen LogP contribution in [-0.4, -0.2) is 16.0 Å². The summed E-state index contributed by atoms with van der Waals surface area (Å²) in [4.78, 5) is 16.8. The average molecular weight is 266 g/mol. The lowest BCUT2D eigenvalue weighted by Gasteiger charge is -2.06. The first-order valence-corrected chi connectivity index (χ1v) is 6.06. The van der Waals surface area contributed by atoms with Crippen molar-refractivity contribution in [1.29, 1.82) is 0 Å². The monoisotopic (exact) mass is 266 g/mol. The molecule has 0 radical (unpaired) electrons. The molecular weight excluding hydrogens is 255 g/mol. The van der Waals surface area contributed by atoms with E-state index in [-0.39, 0.29) is 17.9 Å². The number of thiazole rings is 1. The van der Waals surface area contributed by atoms with Gasteiger partial charge >= 0.3 is 0 Å². The number of hydrogen-bond acceptors (Lipinski definition) is 4. The summed E-state index contributed by atoms with van der Waals surface area (Å²) < 4.78 is 13.4. The van der Waals surface area contributed by atoms with Gasteiger partial charge in [-0.1, -0.05) is 6.07 Å². The molecule has 94 valence electrons. The molecule has 0 aliphatic heterocycles. The standard InChI is InChI=1S/C12H11FN2O2S/c1-7-5-14-10(18-7)6-15-12(17)11-8(13)3-2-4-9(11)16/h2-5,16H,6H2,1H3,(H,15,17). The van der Waals surface area contributed by atoms with E-state index in [1.54, 1.807) is 6.20 Å². The topological polar surface area (TPSA) is 62.2 Å². The number of aromatic nitrogens is 1. The lowest BCUT2D eigenvalue weighted by Crippen LogP contribution is -2.23. The van der Waals surface area contributed by atoms with Crippen LogP contribution in [0.4, 0.5) is 4.39 Å². The van der Waals surface area contributed by atoms with Gasteiger partial charge in [-0.15, -0.1) is 11.3 Å². The van der Waals surface area contributed by atoms with Gasteiger partial charge in [-0.3, -0.25) is 4.79 Å². The molecule has 1 amide bonds. The van der Waals surface area contributed by atoms with Gasteiger partial charge in [-0.05, 0) is 19.1 Å². The second-order valence-corrected chi connectivity index (χ2v) is 5.00. The van der Waals surface area contributed by atoms with Crippen molar-refractivity contribution < 1.29 is 14.3 Å². The molecule has 0 aliphatic rings. The van der Waals surface area contributed by atoms with E-state index < -0.39 is 11.7 Å². The van der Waals surface area contributed by atoms with Gasteiger partial charge < -0.3 is 10.4 Å². The van der Waals surface area contributed by atoms with Crippen molar-refractivity contribution in [2.45, 2.75) is 13.5 Å². The third-order valence-electron chi connectivity index (χ3n) is 2.29. The minimum absolute atomic E-state index is 0.213. The fraction of sp³-hybridized carbons (Fsp3) is 0.167. The first-order valence-electron chi connectivity index (χ1n) is 5.25. The van der Waals surface area contributed by atoms with Crippen molar-refractivity contribution in [3.63, 3.8) is 0 Å². The van der Waals surface area contributed by atoms with Crippen molar-refractivity contribution in [2.75, 3.05) is 0 Å². The molecule has 2 aromatic rings. The number of aryl methyl sites for hydroxylation is 1. The number of nitrogens with one attached hydrogen (secondary N) is 1. The number of phenolic OH excluding ortho intramolecular Hbond substituents is 1. The lowest BCUT2D eigenvalue weighted by atomic mass is 10.2. The van der Waals surface area contributed by atoms with Gasteiger partial charge in [0.1, 0.15) is 22.1 Å². The molecule has 0 fully saturated rings. The van der Waals surface area contributed by atoms with Crippen LogP contribution in [0.1, 0.15) is 20.2 Å². The predicted octanol–water partition coefficient (Wildman–Crippen LogP) is 2.23. The maximum absolute atomic E-state index is 13.4. The highest BCUT2D eigenvalue weighted by molar-refractivity contribution is 7.11. The highest BCUT2D eigenvalue weighted by Gasteiger charge is 2.16. The molecular formula is C12H11FN2O2S. The Balaban J connectivity index is 2.08. The zero-order chi connectivity index (χ0) is 13.1. The molecule has 1 aromatic heterocycles. The van der Waals surface area contributed by atoms with E-state index in [4.69, 9.17) is 0 Å². The second-order valence-electron chi connectivity index (χ2n) is 3.68. The zero-order valence-electron chi connectivity index (χ0n) is 9.61. The Morgan fingerprint density at radius 3 is 2.94 bits per heavy atom. The van der Waals surface area contributed by atoms with Gasteiger partial charge in [0.25, 0.3) is 5.91 Å². The van der Waals surface area contributed by atoms with E-state index in [0.29, 0.717) is 0 Å². The number of halogens is 1. The average Bonchev–Trinajstić information content (AvgIpc) is 2.72. The van der Waals surface area contributed by atoms with Crippen LogP contribution in [-0.2, 0) is 6.54 Å². The smallest absolute Gasteiger partial charge is 0.258 e. The summed E-state index contributed by atoms with van der Waals surface area (Å²) in [5.74, 6) is -1.77. The molecule has 4 nitrogen and oxygen atoms in total. The molecule has 6 heteroatoms. The molecule has 18 heavy (non-hydrogen) atoms. The number of amides is 1. The second kappa shape index (κ2) is 5.14. The molecule has 0 spiro atoms. The third-order valence-corrected chi connectivity index (χ3v) is 3.20. The van der Waals surface area contributed by atoms with E-state index in [2.05, 4.69) is 10.3 Å². The summed E-state index contributed by atoms with van der Waals surface area (Å²) >= 11 is 1.45. The molecule has 1 heterocycles. The maximum Gasteiger partial charge on any atom is 0.258 e. The van der Waals surface area contributed by atoms with Crippen molar-refractivity contribution in [3.8, 4) is 5.75 Å². The normalized spacial score (nSPS) is 10.3. The van der Waals surface area contributed by atoms with Crippen molar-refractivity contribution in [1.82, 2.24) is 10.3 Å². The van der Waals surface area contributed by atoms with Crippen molar-refractivity contribution >= 4 is 17.2 Å². The highest BCUT2D eigenvalue weighted by Crippen LogP contribution is 2.19. The summed E-state index contributed by atoms with van der Waals surface area (Å²) in [5, 5.41) is 12.7. The van der Waals surface area contributed by atoms with Crippen LogP contribution in [0.25, 0.3) is 0 Å². The Labute approximate surface area is 107 Å². The highest BCUT2D eigenvalue weighted by atomic mass is 32.1. The molecule has 0 aliphatic carbocycles. The first-order chi connectivity index (χ1) is 8.58. The molecule has 2 N–H and O–H groups in total. The fourth-order valence-electron chi connectivity index (χ4n) is 1.46. The Morgan fingerprint density at radius 1 is 1.56 bits per heavy atom. The fourth-order valence-corrected chi connectivity index (χ4v) is 2.19. The quantitative estimate of drug-likeness (QED) is 0.895. The summed E-state index contributed by atoms with van der Waals surface area (Å²) in [5.41, 5.74) is -0.342. The van der Waals surface area contributed by atoms with Crippen LogP contribution in [0.15, 0.2) is 24.4 Å². The SMILES string of the molecule is Cc1cnc(CNC(=O)c2c(O)cccc2F)s1. The number of carbonyl (C=O) groups is 1. The lowest BCUT2D eigenvalue weighted by molar-refractivity contribution is 0.0944. The number of carbonyl (C=O) groups excluding carboxylic acids is 1. The molecule has 0 atom stereocenters. The number of aromatic hydroxyl groups is 1. The van der Waals surface area contributed by atoms with E-state index in [1.807, 2.05) is 6.92 Å². The molecule has 0 saturated heterocycles. The predicted molar refractivity (Wildman–Crippen MR) is 66.1 cm³/mol. The van der Waals surface area contributed by atoms with Crippen LogP contribution in [0.5, 0.6) is 5.75 Å². The largest absolute Gasteiger partial charge is 0.507 e. The molecule has 1 aromatic carbocycles. The van der Waals surface area contributed by atoms with Crippen LogP contribution < -0.4 is 5.32 Å². The summed E-state index contributed by atoms with van der Waals surface area (Å²) in [6, 6.07) is 3.74. The Hall–Kier alpha value is -1.95. The minimum atomic E-state index is -0.747. The summed E-state index contributed by atoms with van der Waals surface area (Å²) in [6.07, 6.45) is 1.70. The Morgan fingerprint density at radius 2 is 2.33 bits per heavy atom. The molecule has 2 rings (SSSR count). The van der Waals surface area contributed by atoms with Crippen molar-refractivity contribution in [3.05, 3.63) is 45.7 Å². The number of nitrogens with zero attached hydrogens (tertiary/aromatic N) is 1. The van der Waals surface area contributed by atoms with E-state index in [1.165, 1.54) is 23.5 Å². The number of phenols is 1. The number of rotatable bonds is 3. The van der Waals surface area contributed by atoms with Gasteiger partial charge in [0, 0.05) is 11.1 Å². The minimum Gasteiger partial charge on any atom is -0.507 e. The van der Waals surface area contributed by atoms with Crippen LogP contribution in [0, 0.1) is 12.7 Å². The van der Waals surface area contributed by atoms with E-state index in [0.717, 1.165) is 16.0 Å². The Kier molecular flexibility index (Phi) is 3.57. The summed E-state index contributed by atoms with van der Waals surface area (Å²) in [6.45, 7) is 2.12.